The Labute approximate surface area is 100 Å². The molecule has 17 heavy (non-hydrogen) atoms. The van der Waals surface area contributed by atoms with Crippen LogP contribution in [0.1, 0.15) is 19.8 Å². The molecule has 0 radical (unpaired) electrons. The molecule has 2 heterocycles. The van der Waals surface area contributed by atoms with Crippen LogP contribution >= 0.6 is 0 Å². The largest absolute Gasteiger partial charge is 0.370 e. The molecule has 1 aliphatic rings. The molecule has 1 unspecified atom stereocenters. The molecule has 1 aromatic rings. The number of carbonyl (C=O) groups excluding carboxylic acids is 1. The van der Waals surface area contributed by atoms with Crippen molar-refractivity contribution in [3.63, 3.8) is 0 Å². The molecule has 0 N–H and O–H groups in total. The Morgan fingerprint density at radius 3 is 3.06 bits per heavy atom. The van der Waals surface area contributed by atoms with Crippen LogP contribution in [0.2, 0.25) is 0 Å². The monoisotopic (exact) mass is 235 g/mol. The van der Waals surface area contributed by atoms with Crippen LogP contribution in [0, 0.1) is 5.92 Å². The Morgan fingerprint density at radius 2 is 2.41 bits per heavy atom. The van der Waals surface area contributed by atoms with Gasteiger partial charge in [0, 0.05) is 19.2 Å². The van der Waals surface area contributed by atoms with Crippen LogP contribution in [0.15, 0.2) is 17.1 Å². The Kier molecular flexibility index (Phi) is 3.56. The minimum Gasteiger partial charge on any atom is -0.370 e. The van der Waals surface area contributed by atoms with Crippen LogP contribution < -0.4 is 10.5 Å². The first-order valence-electron chi connectivity index (χ1n) is 5.96. The fourth-order valence-electron chi connectivity index (χ4n) is 2.23. The van der Waals surface area contributed by atoms with Gasteiger partial charge in [-0.2, -0.15) is 5.10 Å². The van der Waals surface area contributed by atoms with Gasteiger partial charge in [0.1, 0.15) is 12.8 Å². The number of hydrogen-bond acceptors (Lipinski definition) is 4. The van der Waals surface area contributed by atoms with E-state index in [0.29, 0.717) is 12.2 Å². The van der Waals surface area contributed by atoms with E-state index in [2.05, 4.69) is 16.9 Å². The Morgan fingerprint density at radius 1 is 1.59 bits per heavy atom. The van der Waals surface area contributed by atoms with Gasteiger partial charge >= 0.3 is 0 Å². The van der Waals surface area contributed by atoms with E-state index in [4.69, 9.17) is 0 Å². The first-order valence-corrected chi connectivity index (χ1v) is 5.96. The normalized spacial score (nSPS) is 20.3. The van der Waals surface area contributed by atoms with Crippen LogP contribution in [-0.4, -0.2) is 29.2 Å². The fraction of sp³-hybridized carbons (Fsp3) is 0.583. The second-order valence-corrected chi connectivity index (χ2v) is 4.59. The van der Waals surface area contributed by atoms with Gasteiger partial charge in [-0.05, 0) is 18.8 Å². The topological polar surface area (TPSA) is 55.2 Å². The Balaban J connectivity index is 2.19. The van der Waals surface area contributed by atoms with Gasteiger partial charge in [-0.3, -0.25) is 4.79 Å². The maximum atomic E-state index is 11.7. The quantitative estimate of drug-likeness (QED) is 0.723. The van der Waals surface area contributed by atoms with Gasteiger partial charge in [0.05, 0.1) is 11.9 Å². The molecule has 1 aliphatic heterocycles. The molecule has 1 saturated heterocycles. The summed E-state index contributed by atoms with van der Waals surface area (Å²) in [5, 5.41) is 4.00. The van der Waals surface area contributed by atoms with Crippen molar-refractivity contribution in [3.05, 3.63) is 22.6 Å². The fourth-order valence-corrected chi connectivity index (χ4v) is 2.23. The lowest BCUT2D eigenvalue weighted by molar-refractivity contribution is -0.108. The smallest absolute Gasteiger partial charge is 0.269 e. The van der Waals surface area contributed by atoms with Gasteiger partial charge < -0.3 is 9.69 Å². The van der Waals surface area contributed by atoms with Crippen molar-refractivity contribution < 1.29 is 4.79 Å². The number of piperidine rings is 1. The molecule has 0 spiro atoms. The molecule has 92 valence electrons. The van der Waals surface area contributed by atoms with Gasteiger partial charge in [0.15, 0.2) is 0 Å². The highest BCUT2D eigenvalue weighted by Gasteiger charge is 2.17. The van der Waals surface area contributed by atoms with Crippen LogP contribution in [-0.2, 0) is 11.3 Å². The highest BCUT2D eigenvalue weighted by atomic mass is 16.1. The molecule has 0 bridgehead atoms. The number of nitrogens with zero attached hydrogens (tertiary/aromatic N) is 3. The van der Waals surface area contributed by atoms with Crippen molar-refractivity contribution in [2.24, 2.45) is 5.92 Å². The summed E-state index contributed by atoms with van der Waals surface area (Å²) in [7, 11) is 0. The van der Waals surface area contributed by atoms with Crippen LogP contribution in [0.5, 0.6) is 0 Å². The maximum Gasteiger partial charge on any atom is 0.269 e. The number of aldehydes is 1. The Bertz CT molecular complexity index is 455. The molecule has 0 amide bonds. The van der Waals surface area contributed by atoms with E-state index < -0.39 is 0 Å². The Hall–Kier alpha value is -1.65. The summed E-state index contributed by atoms with van der Waals surface area (Å²) in [6, 6.07) is 1.56. The van der Waals surface area contributed by atoms with E-state index in [1.54, 1.807) is 12.3 Å². The number of anilines is 1. The summed E-state index contributed by atoms with van der Waals surface area (Å²) in [5.41, 5.74) is 0.650. The first kappa shape index (κ1) is 11.8. The van der Waals surface area contributed by atoms with Crippen LogP contribution in [0.25, 0.3) is 0 Å². The van der Waals surface area contributed by atoms with Gasteiger partial charge in [-0.15, -0.1) is 0 Å². The third-order valence-electron chi connectivity index (χ3n) is 3.12. The van der Waals surface area contributed by atoms with E-state index in [1.807, 2.05) is 0 Å². The van der Waals surface area contributed by atoms with E-state index in [0.717, 1.165) is 25.2 Å². The lowest BCUT2D eigenvalue weighted by Crippen LogP contribution is -2.35. The highest BCUT2D eigenvalue weighted by molar-refractivity contribution is 5.49. The predicted octanol–water partition coefficient (Wildman–Crippen LogP) is 0.678. The molecule has 0 saturated carbocycles. The van der Waals surface area contributed by atoms with Crippen molar-refractivity contribution in [2.75, 3.05) is 18.0 Å². The number of rotatable bonds is 3. The zero-order valence-corrected chi connectivity index (χ0v) is 10.0. The molecule has 1 atom stereocenters. The standard InChI is InChI=1S/C12H17N3O2/c1-10-3-2-4-14(9-10)11-7-12(17)15(5-6-16)13-8-11/h6-8,10H,2-5,9H2,1H3. The molecule has 0 aliphatic carbocycles. The molecule has 0 aromatic carbocycles. The highest BCUT2D eigenvalue weighted by Crippen LogP contribution is 2.20. The summed E-state index contributed by atoms with van der Waals surface area (Å²) in [6.07, 6.45) is 4.74. The summed E-state index contributed by atoms with van der Waals surface area (Å²) in [4.78, 5) is 24.2. The lowest BCUT2D eigenvalue weighted by Gasteiger charge is -2.32. The van der Waals surface area contributed by atoms with Gasteiger partial charge in [-0.1, -0.05) is 6.92 Å². The van der Waals surface area contributed by atoms with Crippen molar-refractivity contribution in [2.45, 2.75) is 26.3 Å². The van der Waals surface area contributed by atoms with Gasteiger partial charge in [0.2, 0.25) is 0 Å². The third kappa shape index (κ3) is 2.72. The predicted molar refractivity (Wildman–Crippen MR) is 65.2 cm³/mol. The van der Waals surface area contributed by atoms with Crippen molar-refractivity contribution in [1.82, 2.24) is 9.78 Å². The van der Waals surface area contributed by atoms with Crippen LogP contribution in [0.3, 0.4) is 0 Å². The average molecular weight is 235 g/mol. The molecule has 1 fully saturated rings. The summed E-state index contributed by atoms with van der Waals surface area (Å²) >= 11 is 0. The summed E-state index contributed by atoms with van der Waals surface area (Å²) in [6.45, 7) is 4.19. The van der Waals surface area contributed by atoms with Crippen molar-refractivity contribution in [1.29, 1.82) is 0 Å². The molecular weight excluding hydrogens is 218 g/mol. The van der Waals surface area contributed by atoms with Crippen LogP contribution in [0.4, 0.5) is 5.69 Å². The second kappa shape index (κ2) is 5.12. The summed E-state index contributed by atoms with van der Waals surface area (Å²) < 4.78 is 1.17. The van der Waals surface area contributed by atoms with E-state index >= 15 is 0 Å². The maximum absolute atomic E-state index is 11.7. The molecule has 2 rings (SSSR count). The number of aromatic nitrogens is 2. The van der Waals surface area contributed by atoms with E-state index in [9.17, 15) is 9.59 Å². The minimum atomic E-state index is -0.215. The lowest BCUT2D eigenvalue weighted by atomic mass is 10.00. The third-order valence-corrected chi connectivity index (χ3v) is 3.12. The zero-order valence-electron chi connectivity index (χ0n) is 10.0. The number of hydrogen-bond donors (Lipinski definition) is 0. The SMILES string of the molecule is CC1CCCN(c2cnn(CC=O)c(=O)c2)C1. The van der Waals surface area contributed by atoms with Gasteiger partial charge in [-0.25, -0.2) is 4.68 Å². The average Bonchev–Trinajstić information content (AvgIpc) is 2.32. The molecule has 1 aromatic heterocycles. The number of carbonyl (C=O) groups is 1. The minimum absolute atomic E-state index is 0.0233. The van der Waals surface area contributed by atoms with Crippen molar-refractivity contribution in [3.8, 4) is 0 Å². The first-order chi connectivity index (χ1) is 8.20. The summed E-state index contributed by atoms with van der Waals surface area (Å²) in [5.74, 6) is 0.654. The zero-order chi connectivity index (χ0) is 12.3. The van der Waals surface area contributed by atoms with Crippen molar-refractivity contribution >= 4 is 12.0 Å². The molecular formula is C12H17N3O2. The second-order valence-electron chi connectivity index (χ2n) is 4.59. The van der Waals surface area contributed by atoms with Gasteiger partial charge in [0.25, 0.3) is 5.56 Å². The molecule has 5 heteroatoms. The van der Waals surface area contributed by atoms with E-state index in [1.165, 1.54) is 11.1 Å². The van der Waals surface area contributed by atoms with E-state index in [-0.39, 0.29) is 12.1 Å². The molecule has 5 nitrogen and oxygen atoms in total.